The highest BCUT2D eigenvalue weighted by Gasteiger charge is 1.94. The second kappa shape index (κ2) is 20.7. The molecule has 0 aromatic rings. The van der Waals surface area contributed by atoms with Gasteiger partial charge in [-0.3, -0.25) is 0 Å². The summed E-state index contributed by atoms with van der Waals surface area (Å²) < 4.78 is 4.50. The summed E-state index contributed by atoms with van der Waals surface area (Å²) in [4.78, 5) is 0. The van der Waals surface area contributed by atoms with Gasteiger partial charge in [0.15, 0.2) is 0 Å². The van der Waals surface area contributed by atoms with Gasteiger partial charge < -0.3 is 9.84 Å². The summed E-state index contributed by atoms with van der Waals surface area (Å²) in [5.41, 5.74) is 0. The normalized spacial score (nSPS) is 13.2. The van der Waals surface area contributed by atoms with Crippen LogP contribution in [-0.4, -0.2) is 24.9 Å². The molecule has 0 aromatic carbocycles. The Labute approximate surface area is 139 Å². The Morgan fingerprint density at radius 2 is 1.09 bits per heavy atom. The van der Waals surface area contributed by atoms with E-state index in [-0.39, 0.29) is 0 Å². The van der Waals surface area contributed by atoms with Gasteiger partial charge in [0.2, 0.25) is 0 Å². The monoisotopic (exact) mass is 312 g/mol. The number of rotatable bonds is 15. The van der Waals surface area contributed by atoms with Crippen molar-refractivity contribution < 1.29 is 9.84 Å². The Hall–Kier alpha value is -0.340. The topological polar surface area (TPSA) is 32.8 Å². The second-order valence-electron chi connectivity index (χ2n) is 6.27. The van der Waals surface area contributed by atoms with Gasteiger partial charge in [0, 0.05) is 6.61 Å². The van der Waals surface area contributed by atoms with Crippen molar-refractivity contribution in [1.82, 2.24) is 0 Å². The fraction of sp³-hybridized carbons (Fsp3) is 0.900. The highest BCUT2D eigenvalue weighted by atomic mass is 16.6. The molecule has 2 nitrogen and oxygen atoms in total. The molecular formula is C20H40O2. The molecule has 1 N–H and O–H groups in total. The van der Waals surface area contributed by atoms with Crippen molar-refractivity contribution in [3.05, 3.63) is 12.2 Å². The van der Waals surface area contributed by atoms with E-state index in [4.69, 9.17) is 5.11 Å². The molecule has 0 atom stereocenters. The Kier molecular flexibility index (Phi) is 20.3. The number of epoxide rings is 1. The molecule has 1 saturated heterocycles. The molecule has 1 heterocycles. The molecule has 0 radical (unpaired) electrons. The van der Waals surface area contributed by atoms with Crippen LogP contribution < -0.4 is 0 Å². The molecular weight excluding hydrogens is 272 g/mol. The number of aliphatic hydroxyl groups excluding tert-OH is 1. The Balaban J connectivity index is 0.00000129. The molecule has 0 amide bonds. The van der Waals surface area contributed by atoms with Crippen LogP contribution in [0.1, 0.15) is 96.8 Å². The summed E-state index contributed by atoms with van der Waals surface area (Å²) in [6.07, 6.45) is 23.2. The lowest BCUT2D eigenvalue weighted by atomic mass is 10.1. The predicted octanol–water partition coefficient (Wildman–Crippen LogP) is 6.03. The lowest BCUT2D eigenvalue weighted by Gasteiger charge is -1.99. The van der Waals surface area contributed by atoms with Gasteiger partial charge in [-0.05, 0) is 32.1 Å². The van der Waals surface area contributed by atoms with Crippen molar-refractivity contribution in [3.8, 4) is 0 Å². The van der Waals surface area contributed by atoms with Crippen molar-refractivity contribution in [1.29, 1.82) is 0 Å². The van der Waals surface area contributed by atoms with E-state index in [0.29, 0.717) is 6.61 Å². The molecule has 1 fully saturated rings. The van der Waals surface area contributed by atoms with Gasteiger partial charge >= 0.3 is 0 Å². The maximum atomic E-state index is 8.66. The molecule has 1 rings (SSSR count). The van der Waals surface area contributed by atoms with Crippen molar-refractivity contribution in [2.24, 2.45) is 0 Å². The largest absolute Gasteiger partial charge is 0.396 e. The van der Waals surface area contributed by atoms with Gasteiger partial charge in [0.05, 0.1) is 13.2 Å². The maximum Gasteiger partial charge on any atom is 0.0701 e. The molecule has 1 aliphatic heterocycles. The molecule has 0 aromatic heterocycles. The van der Waals surface area contributed by atoms with Crippen molar-refractivity contribution in [2.45, 2.75) is 96.8 Å². The number of unbranched alkanes of at least 4 members (excludes halogenated alkanes) is 12. The zero-order valence-electron chi connectivity index (χ0n) is 15.0. The van der Waals surface area contributed by atoms with Crippen LogP contribution in [-0.2, 0) is 4.74 Å². The molecule has 132 valence electrons. The smallest absolute Gasteiger partial charge is 0.0701 e. The third-order valence-corrected chi connectivity index (χ3v) is 3.87. The quantitative estimate of drug-likeness (QED) is 0.227. The van der Waals surface area contributed by atoms with Crippen molar-refractivity contribution >= 4 is 0 Å². The van der Waals surface area contributed by atoms with Crippen molar-refractivity contribution in [2.75, 3.05) is 19.8 Å². The Morgan fingerprint density at radius 1 is 0.682 bits per heavy atom. The first-order valence-corrected chi connectivity index (χ1v) is 9.75. The third-order valence-electron chi connectivity index (χ3n) is 3.87. The van der Waals surface area contributed by atoms with Crippen LogP contribution in [0.5, 0.6) is 0 Å². The van der Waals surface area contributed by atoms with Gasteiger partial charge in [-0.15, -0.1) is 0 Å². The second-order valence-corrected chi connectivity index (χ2v) is 6.27. The summed E-state index contributed by atoms with van der Waals surface area (Å²) in [6, 6.07) is 0. The van der Waals surface area contributed by atoms with Crippen LogP contribution in [0.15, 0.2) is 12.2 Å². The van der Waals surface area contributed by atoms with E-state index in [0.717, 1.165) is 19.6 Å². The number of hydrogen-bond acceptors (Lipinski definition) is 2. The first kappa shape index (κ1) is 21.7. The van der Waals surface area contributed by atoms with Gasteiger partial charge in [0.25, 0.3) is 0 Å². The fourth-order valence-corrected chi connectivity index (χ4v) is 2.36. The van der Waals surface area contributed by atoms with E-state index in [1.165, 1.54) is 83.5 Å². The lowest BCUT2D eigenvalue weighted by molar-refractivity contribution is 0.282. The highest BCUT2D eigenvalue weighted by molar-refractivity contribution is 4.81. The fourth-order valence-electron chi connectivity index (χ4n) is 2.36. The van der Waals surface area contributed by atoms with E-state index >= 15 is 0 Å². The van der Waals surface area contributed by atoms with Crippen LogP contribution in [0.4, 0.5) is 0 Å². The Bertz CT molecular complexity index is 209. The van der Waals surface area contributed by atoms with E-state index in [1.807, 2.05) is 0 Å². The van der Waals surface area contributed by atoms with E-state index in [1.54, 1.807) is 0 Å². The molecule has 0 bridgehead atoms. The first-order chi connectivity index (χ1) is 10.9. The van der Waals surface area contributed by atoms with Crippen LogP contribution >= 0.6 is 0 Å². The van der Waals surface area contributed by atoms with Crippen LogP contribution in [0.3, 0.4) is 0 Å². The highest BCUT2D eigenvalue weighted by Crippen LogP contribution is 2.09. The average molecular weight is 313 g/mol. The molecule has 0 spiro atoms. The predicted molar refractivity (Wildman–Crippen MR) is 97.4 cm³/mol. The summed E-state index contributed by atoms with van der Waals surface area (Å²) >= 11 is 0. The third kappa shape index (κ3) is 24.7. The standard InChI is InChI=1S/C18H36O.C2H4O/c1-2-3-4-5-6-7-8-9-10-11-12-13-14-15-16-17-18-19;1-2-3-1/h9-10,19H,2-8,11-18H2,1H3;1-2H2/b10-9-;. The zero-order valence-corrected chi connectivity index (χ0v) is 15.0. The van der Waals surface area contributed by atoms with Crippen LogP contribution in [0.2, 0.25) is 0 Å². The number of allylic oxidation sites excluding steroid dienone is 2. The molecule has 2 heteroatoms. The van der Waals surface area contributed by atoms with Gasteiger partial charge in [-0.2, -0.15) is 0 Å². The summed E-state index contributed by atoms with van der Waals surface area (Å²) in [5.74, 6) is 0. The van der Waals surface area contributed by atoms with Gasteiger partial charge in [0.1, 0.15) is 0 Å². The van der Waals surface area contributed by atoms with E-state index in [2.05, 4.69) is 23.8 Å². The van der Waals surface area contributed by atoms with Crippen LogP contribution in [0, 0.1) is 0 Å². The minimum atomic E-state index is 0.362. The summed E-state index contributed by atoms with van der Waals surface area (Å²) in [6.45, 7) is 4.64. The van der Waals surface area contributed by atoms with Gasteiger partial charge in [-0.1, -0.05) is 76.9 Å². The number of ether oxygens (including phenoxy) is 1. The maximum absolute atomic E-state index is 8.66. The molecule has 22 heavy (non-hydrogen) atoms. The number of hydrogen-bond donors (Lipinski definition) is 1. The average Bonchev–Trinajstić information content (AvgIpc) is 3.40. The van der Waals surface area contributed by atoms with Crippen LogP contribution in [0.25, 0.3) is 0 Å². The molecule has 0 aliphatic carbocycles. The summed E-state index contributed by atoms with van der Waals surface area (Å²) in [7, 11) is 0. The summed E-state index contributed by atoms with van der Waals surface area (Å²) in [5, 5.41) is 8.66. The lowest BCUT2D eigenvalue weighted by Crippen LogP contribution is -1.83. The first-order valence-electron chi connectivity index (χ1n) is 9.75. The SMILES string of the molecule is C1CO1.CCCCCCCC/C=C\CCCCCCCCO. The Morgan fingerprint density at radius 3 is 1.50 bits per heavy atom. The van der Waals surface area contributed by atoms with E-state index < -0.39 is 0 Å². The molecule has 0 unspecified atom stereocenters. The molecule has 1 aliphatic rings. The number of aliphatic hydroxyl groups is 1. The molecule has 0 saturated carbocycles. The van der Waals surface area contributed by atoms with Gasteiger partial charge in [-0.25, -0.2) is 0 Å². The van der Waals surface area contributed by atoms with E-state index in [9.17, 15) is 0 Å². The van der Waals surface area contributed by atoms with Crippen molar-refractivity contribution in [3.63, 3.8) is 0 Å². The minimum absolute atomic E-state index is 0.362. The zero-order chi connectivity index (χ0) is 16.1. The minimum Gasteiger partial charge on any atom is -0.396 e.